The minimum atomic E-state index is -0.297. The van der Waals surface area contributed by atoms with Crippen LogP contribution in [0.25, 0.3) is 0 Å². The van der Waals surface area contributed by atoms with Gasteiger partial charge in [0.2, 0.25) is 11.8 Å². The molecule has 1 atom stereocenters. The lowest BCUT2D eigenvalue weighted by molar-refractivity contribution is -0.144. The number of imide groups is 1. The summed E-state index contributed by atoms with van der Waals surface area (Å²) in [5.74, 6) is 0.208. The summed E-state index contributed by atoms with van der Waals surface area (Å²) in [7, 11) is 0. The Morgan fingerprint density at radius 2 is 1.94 bits per heavy atom. The summed E-state index contributed by atoms with van der Waals surface area (Å²) >= 11 is 0. The maximum absolute atomic E-state index is 12.5. The van der Waals surface area contributed by atoms with Gasteiger partial charge in [-0.15, -0.1) is 0 Å². The molecule has 2 heterocycles. The summed E-state index contributed by atoms with van der Waals surface area (Å²) < 4.78 is 0. The van der Waals surface area contributed by atoms with E-state index in [9.17, 15) is 9.59 Å². The van der Waals surface area contributed by atoms with Gasteiger partial charge in [0, 0.05) is 13.0 Å². The number of hydrogen-bond donors (Lipinski definition) is 1. The SMILES string of the molecule is O=C1CC2(CCCC2)C(=O)N1[C@H]1CCCNC1. The molecule has 94 valence electrons. The summed E-state index contributed by atoms with van der Waals surface area (Å²) in [5.41, 5.74) is -0.297. The number of hydrogen-bond acceptors (Lipinski definition) is 3. The molecule has 1 saturated carbocycles. The molecule has 1 aliphatic carbocycles. The zero-order valence-corrected chi connectivity index (χ0v) is 10.2. The lowest BCUT2D eigenvalue weighted by Crippen LogP contribution is -2.49. The summed E-state index contributed by atoms with van der Waals surface area (Å²) in [6, 6.07) is 0.115. The van der Waals surface area contributed by atoms with E-state index in [-0.39, 0.29) is 23.3 Å². The molecule has 17 heavy (non-hydrogen) atoms. The summed E-state index contributed by atoms with van der Waals surface area (Å²) in [4.78, 5) is 26.2. The Hall–Kier alpha value is -0.900. The van der Waals surface area contributed by atoms with Crippen molar-refractivity contribution in [3.8, 4) is 0 Å². The second-order valence-corrected chi connectivity index (χ2v) is 5.73. The molecule has 2 aliphatic heterocycles. The van der Waals surface area contributed by atoms with Crippen molar-refractivity contribution in [2.75, 3.05) is 13.1 Å². The zero-order chi connectivity index (χ0) is 11.9. The van der Waals surface area contributed by atoms with Gasteiger partial charge in [-0.1, -0.05) is 12.8 Å². The molecule has 4 nitrogen and oxygen atoms in total. The van der Waals surface area contributed by atoms with Gasteiger partial charge >= 0.3 is 0 Å². The zero-order valence-electron chi connectivity index (χ0n) is 10.2. The first-order valence-corrected chi connectivity index (χ1v) is 6.80. The van der Waals surface area contributed by atoms with Crippen molar-refractivity contribution in [3.05, 3.63) is 0 Å². The minimum absolute atomic E-state index is 0.0746. The number of nitrogens with one attached hydrogen (secondary N) is 1. The van der Waals surface area contributed by atoms with Crippen LogP contribution < -0.4 is 5.32 Å². The van der Waals surface area contributed by atoms with Crippen molar-refractivity contribution in [3.63, 3.8) is 0 Å². The highest BCUT2D eigenvalue weighted by molar-refractivity contribution is 6.06. The minimum Gasteiger partial charge on any atom is -0.315 e. The van der Waals surface area contributed by atoms with Crippen molar-refractivity contribution in [2.24, 2.45) is 5.41 Å². The predicted octanol–water partition coefficient (Wildman–Crippen LogP) is 1.06. The average molecular weight is 236 g/mol. The van der Waals surface area contributed by atoms with E-state index in [0.29, 0.717) is 6.42 Å². The maximum Gasteiger partial charge on any atom is 0.236 e. The first kappa shape index (κ1) is 11.2. The molecule has 0 aromatic rings. The second kappa shape index (κ2) is 4.09. The fourth-order valence-electron chi connectivity index (χ4n) is 3.68. The Balaban J connectivity index is 1.80. The van der Waals surface area contributed by atoms with Crippen molar-refractivity contribution >= 4 is 11.8 Å². The Morgan fingerprint density at radius 3 is 2.59 bits per heavy atom. The molecular weight excluding hydrogens is 216 g/mol. The Morgan fingerprint density at radius 1 is 1.18 bits per heavy atom. The number of amides is 2. The van der Waals surface area contributed by atoms with Crippen LogP contribution in [-0.4, -0.2) is 35.8 Å². The first-order chi connectivity index (χ1) is 8.23. The maximum atomic E-state index is 12.5. The monoisotopic (exact) mass is 236 g/mol. The summed E-state index contributed by atoms with van der Waals surface area (Å²) in [6.45, 7) is 1.80. The Labute approximate surface area is 102 Å². The molecule has 4 heteroatoms. The van der Waals surface area contributed by atoms with Crippen molar-refractivity contribution < 1.29 is 9.59 Å². The molecule has 0 bridgehead atoms. The van der Waals surface area contributed by atoms with Crippen LogP contribution in [-0.2, 0) is 9.59 Å². The van der Waals surface area contributed by atoms with Crippen LogP contribution in [0.15, 0.2) is 0 Å². The molecule has 3 fully saturated rings. The third-order valence-electron chi connectivity index (χ3n) is 4.63. The highest BCUT2D eigenvalue weighted by Gasteiger charge is 2.54. The quantitative estimate of drug-likeness (QED) is 0.693. The van der Waals surface area contributed by atoms with Gasteiger partial charge in [-0.3, -0.25) is 14.5 Å². The average Bonchev–Trinajstić information content (AvgIpc) is 2.88. The number of likely N-dealkylation sites (tertiary alicyclic amines) is 1. The molecule has 0 radical (unpaired) electrons. The van der Waals surface area contributed by atoms with Crippen molar-refractivity contribution in [1.82, 2.24) is 10.2 Å². The summed E-state index contributed by atoms with van der Waals surface area (Å²) in [5, 5.41) is 3.29. The van der Waals surface area contributed by atoms with Crippen molar-refractivity contribution in [1.29, 1.82) is 0 Å². The van der Waals surface area contributed by atoms with Gasteiger partial charge in [-0.2, -0.15) is 0 Å². The van der Waals surface area contributed by atoms with Gasteiger partial charge in [0.05, 0.1) is 11.5 Å². The van der Waals surface area contributed by atoms with E-state index in [4.69, 9.17) is 0 Å². The lowest BCUT2D eigenvalue weighted by atomic mass is 9.84. The molecule has 1 N–H and O–H groups in total. The van der Waals surface area contributed by atoms with Gasteiger partial charge < -0.3 is 5.32 Å². The summed E-state index contributed by atoms with van der Waals surface area (Å²) in [6.07, 6.45) is 6.58. The Bertz CT molecular complexity index is 341. The fourth-order valence-corrected chi connectivity index (χ4v) is 3.68. The van der Waals surface area contributed by atoms with E-state index >= 15 is 0 Å². The number of rotatable bonds is 1. The molecular formula is C13H20N2O2. The van der Waals surface area contributed by atoms with Crippen LogP contribution in [0.2, 0.25) is 0 Å². The van der Waals surface area contributed by atoms with E-state index in [1.54, 1.807) is 4.90 Å². The topological polar surface area (TPSA) is 49.4 Å². The number of nitrogens with zero attached hydrogens (tertiary/aromatic N) is 1. The van der Waals surface area contributed by atoms with Crippen LogP contribution in [0.3, 0.4) is 0 Å². The third-order valence-corrected chi connectivity index (χ3v) is 4.63. The van der Waals surface area contributed by atoms with Gasteiger partial charge in [0.15, 0.2) is 0 Å². The van der Waals surface area contributed by atoms with E-state index < -0.39 is 0 Å². The van der Waals surface area contributed by atoms with Gasteiger partial charge in [0.25, 0.3) is 0 Å². The highest BCUT2D eigenvalue weighted by atomic mass is 16.2. The molecule has 3 aliphatic rings. The van der Waals surface area contributed by atoms with Gasteiger partial charge in [0.1, 0.15) is 0 Å². The predicted molar refractivity (Wildman–Crippen MR) is 63.3 cm³/mol. The number of carbonyl (C=O) groups is 2. The van der Waals surface area contributed by atoms with Crippen LogP contribution in [0, 0.1) is 5.41 Å². The molecule has 0 aromatic carbocycles. The third kappa shape index (κ3) is 1.69. The number of carbonyl (C=O) groups excluding carboxylic acids is 2. The fraction of sp³-hybridized carbons (Fsp3) is 0.846. The molecule has 3 rings (SSSR count). The van der Waals surface area contributed by atoms with Crippen molar-refractivity contribution in [2.45, 2.75) is 51.0 Å². The molecule has 1 spiro atoms. The lowest BCUT2D eigenvalue weighted by Gasteiger charge is -2.31. The van der Waals surface area contributed by atoms with Gasteiger partial charge in [-0.25, -0.2) is 0 Å². The van der Waals surface area contributed by atoms with E-state index in [0.717, 1.165) is 51.6 Å². The molecule has 2 saturated heterocycles. The van der Waals surface area contributed by atoms with Gasteiger partial charge in [-0.05, 0) is 32.2 Å². The standard InChI is InChI=1S/C13H20N2O2/c16-11-8-13(5-1-2-6-13)12(17)15(11)10-4-3-7-14-9-10/h10,14H,1-9H2/t10-/m0/s1. The first-order valence-electron chi connectivity index (χ1n) is 6.80. The van der Waals surface area contributed by atoms with Crippen LogP contribution in [0.5, 0.6) is 0 Å². The largest absolute Gasteiger partial charge is 0.315 e. The van der Waals surface area contributed by atoms with Crippen LogP contribution in [0.1, 0.15) is 44.9 Å². The van der Waals surface area contributed by atoms with E-state index in [1.807, 2.05) is 0 Å². The Kier molecular flexibility index (Phi) is 2.69. The molecule has 0 unspecified atom stereocenters. The second-order valence-electron chi connectivity index (χ2n) is 5.73. The van der Waals surface area contributed by atoms with E-state index in [2.05, 4.69) is 5.32 Å². The normalized spacial score (nSPS) is 32.7. The molecule has 2 amide bonds. The highest BCUT2D eigenvalue weighted by Crippen LogP contribution is 2.47. The molecule has 0 aromatic heterocycles. The van der Waals surface area contributed by atoms with E-state index in [1.165, 1.54) is 0 Å². The van der Waals surface area contributed by atoms with Crippen LogP contribution >= 0.6 is 0 Å². The smallest absolute Gasteiger partial charge is 0.236 e. The number of piperidine rings is 1. The van der Waals surface area contributed by atoms with Crippen LogP contribution in [0.4, 0.5) is 0 Å².